The van der Waals surface area contributed by atoms with Crippen molar-refractivity contribution in [3.05, 3.63) is 87.5 Å². The van der Waals surface area contributed by atoms with E-state index in [4.69, 9.17) is 9.15 Å². The molecule has 1 N–H and O–H groups in total. The molecule has 178 valence electrons. The van der Waals surface area contributed by atoms with Crippen molar-refractivity contribution in [3.8, 4) is 11.5 Å². The average Bonchev–Trinajstić information content (AvgIpc) is 2.88. The summed E-state index contributed by atoms with van der Waals surface area (Å²) in [7, 11) is 1.67. The van der Waals surface area contributed by atoms with Crippen LogP contribution in [0.5, 0.6) is 11.5 Å². The van der Waals surface area contributed by atoms with Gasteiger partial charge in [0.15, 0.2) is 0 Å². The van der Waals surface area contributed by atoms with Gasteiger partial charge in [0.1, 0.15) is 17.8 Å². The molecule has 34 heavy (non-hydrogen) atoms. The van der Waals surface area contributed by atoms with Gasteiger partial charge in [-0.25, -0.2) is 4.79 Å². The number of fused-ring (bicyclic) bond motifs is 1. The van der Waals surface area contributed by atoms with E-state index < -0.39 is 5.63 Å². The molecule has 2 aliphatic heterocycles. The van der Waals surface area contributed by atoms with Crippen LogP contribution in [0, 0.1) is 0 Å². The highest BCUT2D eigenvalue weighted by Crippen LogP contribution is 2.27. The van der Waals surface area contributed by atoms with E-state index in [-0.39, 0.29) is 5.75 Å². The summed E-state index contributed by atoms with van der Waals surface area (Å²) >= 11 is 0. The standard InChI is InChI=1S/C27H31N3O4/c1-33-24-8-6-23(7-9-24)30-14-12-28(13-15-30)18-25-26(31)22(19-34-27(25)32)17-29-11-10-20-4-2-3-5-21(20)16-29/h2-9,19,31H,10-18H2,1H3. The van der Waals surface area contributed by atoms with Gasteiger partial charge < -0.3 is 19.2 Å². The van der Waals surface area contributed by atoms with Crippen LogP contribution in [-0.4, -0.2) is 54.7 Å². The van der Waals surface area contributed by atoms with Crippen molar-refractivity contribution in [1.29, 1.82) is 0 Å². The average molecular weight is 462 g/mol. The Morgan fingerprint density at radius 2 is 1.65 bits per heavy atom. The summed E-state index contributed by atoms with van der Waals surface area (Å²) in [5, 5.41) is 11.0. The molecule has 0 radical (unpaired) electrons. The monoisotopic (exact) mass is 461 g/mol. The number of hydrogen-bond donors (Lipinski definition) is 1. The highest BCUT2D eigenvalue weighted by Gasteiger charge is 2.23. The first-order valence-electron chi connectivity index (χ1n) is 11.8. The van der Waals surface area contributed by atoms with Crippen molar-refractivity contribution in [2.45, 2.75) is 26.1 Å². The SMILES string of the molecule is COc1ccc(N2CCN(Cc3c(O)c(CN4CCc5ccccc5C4)coc3=O)CC2)cc1. The second-order valence-electron chi connectivity index (χ2n) is 9.07. The number of ether oxygens (including phenoxy) is 1. The van der Waals surface area contributed by atoms with Gasteiger partial charge in [0.25, 0.3) is 0 Å². The first kappa shape index (κ1) is 22.5. The van der Waals surface area contributed by atoms with Crippen molar-refractivity contribution in [2.75, 3.05) is 44.7 Å². The molecule has 0 amide bonds. The lowest BCUT2D eigenvalue weighted by molar-refractivity contribution is 0.230. The normalized spacial score (nSPS) is 16.9. The fourth-order valence-electron chi connectivity index (χ4n) is 4.90. The number of piperazine rings is 1. The van der Waals surface area contributed by atoms with E-state index >= 15 is 0 Å². The van der Waals surface area contributed by atoms with Crippen molar-refractivity contribution in [2.24, 2.45) is 0 Å². The lowest BCUT2D eigenvalue weighted by atomic mass is 9.99. The predicted octanol–water partition coefficient (Wildman–Crippen LogP) is 3.23. The van der Waals surface area contributed by atoms with E-state index in [1.807, 2.05) is 12.1 Å². The third-order valence-electron chi connectivity index (χ3n) is 6.94. The van der Waals surface area contributed by atoms with E-state index in [1.165, 1.54) is 17.4 Å². The van der Waals surface area contributed by atoms with Crippen molar-refractivity contribution < 1.29 is 14.3 Å². The van der Waals surface area contributed by atoms with Gasteiger partial charge >= 0.3 is 5.63 Å². The van der Waals surface area contributed by atoms with Crippen molar-refractivity contribution >= 4 is 5.69 Å². The fourth-order valence-corrected chi connectivity index (χ4v) is 4.90. The third-order valence-corrected chi connectivity index (χ3v) is 6.94. The first-order valence-corrected chi connectivity index (χ1v) is 11.8. The van der Waals surface area contributed by atoms with Crippen molar-refractivity contribution in [3.63, 3.8) is 0 Å². The summed E-state index contributed by atoms with van der Waals surface area (Å²) in [6.45, 7) is 6.01. The summed E-state index contributed by atoms with van der Waals surface area (Å²) < 4.78 is 10.6. The number of anilines is 1. The second kappa shape index (κ2) is 9.91. The molecule has 0 saturated carbocycles. The quantitative estimate of drug-likeness (QED) is 0.604. The van der Waals surface area contributed by atoms with E-state index in [2.05, 4.69) is 51.1 Å². The Balaban J connectivity index is 1.22. The van der Waals surface area contributed by atoms with Crippen LogP contribution in [0.15, 0.2) is 64.0 Å². The number of methoxy groups -OCH3 is 1. The van der Waals surface area contributed by atoms with Gasteiger partial charge in [-0.05, 0) is 41.8 Å². The molecule has 2 aromatic carbocycles. The van der Waals surface area contributed by atoms with Crippen LogP contribution in [0.1, 0.15) is 22.3 Å². The Morgan fingerprint density at radius 1 is 0.912 bits per heavy atom. The molecule has 5 rings (SSSR count). The van der Waals surface area contributed by atoms with E-state index in [0.717, 1.165) is 57.1 Å². The van der Waals surface area contributed by atoms with E-state index in [0.29, 0.717) is 24.2 Å². The molecule has 1 aromatic heterocycles. The molecule has 7 nitrogen and oxygen atoms in total. The van der Waals surface area contributed by atoms with Crippen LogP contribution in [0.25, 0.3) is 0 Å². The molecule has 0 unspecified atom stereocenters. The van der Waals surface area contributed by atoms with Gasteiger partial charge in [0, 0.05) is 63.6 Å². The smallest absolute Gasteiger partial charge is 0.343 e. The second-order valence-corrected chi connectivity index (χ2v) is 9.07. The Hall–Kier alpha value is -3.29. The van der Waals surface area contributed by atoms with Crippen molar-refractivity contribution in [1.82, 2.24) is 9.80 Å². The van der Waals surface area contributed by atoms with Crippen LogP contribution in [0.3, 0.4) is 0 Å². The van der Waals surface area contributed by atoms with Gasteiger partial charge in [-0.2, -0.15) is 0 Å². The molecule has 1 fully saturated rings. The number of aromatic hydroxyl groups is 1. The summed E-state index contributed by atoms with van der Waals surface area (Å²) in [5.74, 6) is 0.922. The van der Waals surface area contributed by atoms with E-state index in [1.54, 1.807) is 7.11 Å². The maximum atomic E-state index is 12.5. The molecule has 3 aromatic rings. The highest BCUT2D eigenvalue weighted by atomic mass is 16.5. The topological polar surface area (TPSA) is 69.4 Å². The summed E-state index contributed by atoms with van der Waals surface area (Å²) in [4.78, 5) is 19.3. The minimum atomic E-state index is -0.456. The number of rotatable bonds is 6. The van der Waals surface area contributed by atoms with Gasteiger partial charge in [0.05, 0.1) is 12.7 Å². The summed E-state index contributed by atoms with van der Waals surface area (Å²) in [6.07, 6.45) is 2.41. The lowest BCUT2D eigenvalue weighted by Gasteiger charge is -2.36. The molecule has 7 heteroatoms. The maximum absolute atomic E-state index is 12.5. The Kier molecular flexibility index (Phi) is 6.56. The highest BCUT2D eigenvalue weighted by molar-refractivity contribution is 5.49. The molecule has 0 aliphatic carbocycles. The van der Waals surface area contributed by atoms with Crippen LogP contribution in [0.2, 0.25) is 0 Å². The number of nitrogens with zero attached hydrogens (tertiary/aromatic N) is 3. The fraction of sp³-hybridized carbons (Fsp3) is 0.370. The molecule has 0 bridgehead atoms. The Labute approximate surface area is 199 Å². The molecular weight excluding hydrogens is 430 g/mol. The largest absolute Gasteiger partial charge is 0.507 e. The molecule has 1 saturated heterocycles. The minimum Gasteiger partial charge on any atom is -0.507 e. The Morgan fingerprint density at radius 3 is 2.38 bits per heavy atom. The maximum Gasteiger partial charge on any atom is 0.343 e. The molecule has 0 atom stereocenters. The zero-order chi connectivity index (χ0) is 23.5. The van der Waals surface area contributed by atoms with E-state index in [9.17, 15) is 9.90 Å². The minimum absolute atomic E-state index is 0.0766. The first-order chi connectivity index (χ1) is 16.6. The van der Waals surface area contributed by atoms with Gasteiger partial charge in [0.2, 0.25) is 0 Å². The molecule has 2 aliphatic rings. The summed E-state index contributed by atoms with van der Waals surface area (Å²) in [6, 6.07) is 16.6. The lowest BCUT2D eigenvalue weighted by Crippen LogP contribution is -2.46. The molecule has 3 heterocycles. The zero-order valence-corrected chi connectivity index (χ0v) is 19.6. The molecule has 0 spiro atoms. The predicted molar refractivity (Wildman–Crippen MR) is 131 cm³/mol. The van der Waals surface area contributed by atoms with Crippen LogP contribution in [0.4, 0.5) is 5.69 Å². The van der Waals surface area contributed by atoms with Gasteiger partial charge in [-0.3, -0.25) is 9.80 Å². The Bertz CT molecular complexity index is 1180. The summed E-state index contributed by atoms with van der Waals surface area (Å²) in [5.41, 5.74) is 4.44. The van der Waals surface area contributed by atoms with Gasteiger partial charge in [-0.15, -0.1) is 0 Å². The third kappa shape index (κ3) is 4.81. The zero-order valence-electron chi connectivity index (χ0n) is 19.6. The van der Waals surface area contributed by atoms with Gasteiger partial charge in [-0.1, -0.05) is 24.3 Å². The van der Waals surface area contributed by atoms with Crippen LogP contribution >= 0.6 is 0 Å². The number of benzene rings is 2. The van der Waals surface area contributed by atoms with Crippen LogP contribution < -0.4 is 15.3 Å². The number of hydrogen-bond acceptors (Lipinski definition) is 7. The molecular formula is C27H31N3O4. The van der Waals surface area contributed by atoms with Crippen LogP contribution in [-0.2, 0) is 26.1 Å².